The van der Waals surface area contributed by atoms with Crippen molar-refractivity contribution in [2.24, 2.45) is 5.92 Å². The molecule has 1 fully saturated rings. The van der Waals surface area contributed by atoms with Crippen molar-refractivity contribution < 1.29 is 4.39 Å². The smallest absolute Gasteiger partial charge is 0.142 e. The molecular formula is C14H17ClF. The molecule has 2 rings (SSSR count). The lowest BCUT2D eigenvalue weighted by atomic mass is 9.85. The van der Waals surface area contributed by atoms with Gasteiger partial charge in [0.25, 0.3) is 0 Å². The first kappa shape index (κ1) is 11.9. The summed E-state index contributed by atoms with van der Waals surface area (Å²) in [6.45, 7) is 0. The molecule has 0 spiro atoms. The van der Waals surface area contributed by atoms with Gasteiger partial charge in [0.1, 0.15) is 5.82 Å². The first-order chi connectivity index (χ1) is 7.75. The summed E-state index contributed by atoms with van der Waals surface area (Å²) in [6.07, 6.45) is 9.62. The van der Waals surface area contributed by atoms with Crippen LogP contribution in [-0.4, -0.2) is 0 Å². The first-order valence-corrected chi connectivity index (χ1v) is 6.39. The molecule has 16 heavy (non-hydrogen) atoms. The fourth-order valence-corrected chi connectivity index (χ4v) is 2.47. The van der Waals surface area contributed by atoms with E-state index in [1.54, 1.807) is 12.1 Å². The quantitative estimate of drug-likeness (QED) is 0.710. The third kappa shape index (κ3) is 3.21. The second kappa shape index (κ2) is 5.67. The largest absolute Gasteiger partial charge is 0.205 e. The van der Waals surface area contributed by atoms with Crippen LogP contribution in [0.5, 0.6) is 0 Å². The minimum Gasteiger partial charge on any atom is -0.205 e. The number of aryl methyl sites for hydroxylation is 1. The Kier molecular flexibility index (Phi) is 4.22. The Labute approximate surface area is 102 Å². The lowest BCUT2D eigenvalue weighted by molar-refractivity contribution is 0.380. The van der Waals surface area contributed by atoms with Gasteiger partial charge in [-0.25, -0.2) is 4.39 Å². The molecule has 0 aliphatic heterocycles. The van der Waals surface area contributed by atoms with Crippen molar-refractivity contribution in [1.29, 1.82) is 0 Å². The molecule has 0 amide bonds. The lowest BCUT2D eigenvalue weighted by Crippen LogP contribution is -2.07. The van der Waals surface area contributed by atoms with Gasteiger partial charge >= 0.3 is 0 Å². The average Bonchev–Trinajstić information content (AvgIpc) is 2.32. The van der Waals surface area contributed by atoms with Crippen LogP contribution in [0.4, 0.5) is 4.39 Å². The molecular weight excluding hydrogens is 223 g/mol. The highest BCUT2D eigenvalue weighted by atomic mass is 35.5. The van der Waals surface area contributed by atoms with Gasteiger partial charge in [0.2, 0.25) is 0 Å². The summed E-state index contributed by atoms with van der Waals surface area (Å²) in [7, 11) is 0. The standard InChI is InChI=1S/C14H17ClF/c15-13-9-8-12(10-14(13)16)7-6-11-4-2-1-3-5-11/h1,8-11H,2-7H2. The fraction of sp³-hybridized carbons (Fsp3) is 0.500. The maximum atomic E-state index is 13.2. The Balaban J connectivity index is 1.86. The Morgan fingerprint density at radius 2 is 2.00 bits per heavy atom. The Bertz CT molecular complexity index is 343. The number of benzene rings is 1. The molecule has 0 atom stereocenters. The summed E-state index contributed by atoms with van der Waals surface area (Å²) in [4.78, 5) is 0. The third-order valence-electron chi connectivity index (χ3n) is 3.38. The summed E-state index contributed by atoms with van der Waals surface area (Å²) in [6, 6.07) is 5.15. The summed E-state index contributed by atoms with van der Waals surface area (Å²) in [5.41, 5.74) is 1.07. The Morgan fingerprint density at radius 3 is 2.69 bits per heavy atom. The molecule has 0 heterocycles. The van der Waals surface area contributed by atoms with Gasteiger partial charge in [-0.2, -0.15) is 0 Å². The van der Waals surface area contributed by atoms with E-state index in [0.29, 0.717) is 0 Å². The van der Waals surface area contributed by atoms with Gasteiger partial charge in [0.05, 0.1) is 5.02 Å². The monoisotopic (exact) mass is 239 g/mol. The van der Waals surface area contributed by atoms with E-state index in [9.17, 15) is 4.39 Å². The topological polar surface area (TPSA) is 0 Å². The van der Waals surface area contributed by atoms with Crippen LogP contribution in [0.3, 0.4) is 0 Å². The van der Waals surface area contributed by atoms with Crippen LogP contribution in [0.2, 0.25) is 5.02 Å². The van der Waals surface area contributed by atoms with Gasteiger partial charge in [-0.15, -0.1) is 0 Å². The molecule has 0 unspecified atom stereocenters. The molecule has 1 radical (unpaired) electrons. The van der Waals surface area contributed by atoms with E-state index in [1.807, 2.05) is 6.07 Å². The maximum Gasteiger partial charge on any atom is 0.142 e. The molecule has 1 aromatic rings. The van der Waals surface area contributed by atoms with Crippen molar-refractivity contribution in [3.63, 3.8) is 0 Å². The first-order valence-electron chi connectivity index (χ1n) is 6.01. The van der Waals surface area contributed by atoms with E-state index in [1.165, 1.54) is 32.1 Å². The third-order valence-corrected chi connectivity index (χ3v) is 3.69. The van der Waals surface area contributed by atoms with E-state index < -0.39 is 0 Å². The summed E-state index contributed by atoms with van der Waals surface area (Å²) < 4.78 is 13.2. The molecule has 2 heteroatoms. The minimum atomic E-state index is -0.295. The van der Waals surface area contributed by atoms with Gasteiger partial charge in [0.15, 0.2) is 0 Å². The predicted molar refractivity (Wildman–Crippen MR) is 66.0 cm³/mol. The summed E-state index contributed by atoms with van der Waals surface area (Å²) >= 11 is 5.65. The molecule has 87 valence electrons. The van der Waals surface area contributed by atoms with Gasteiger partial charge in [-0.3, -0.25) is 0 Å². The van der Waals surface area contributed by atoms with Gasteiger partial charge in [-0.1, -0.05) is 30.5 Å². The van der Waals surface area contributed by atoms with Crippen molar-refractivity contribution in [3.05, 3.63) is 41.0 Å². The van der Waals surface area contributed by atoms with E-state index in [4.69, 9.17) is 11.6 Å². The van der Waals surface area contributed by atoms with Crippen LogP contribution in [0.1, 0.15) is 37.7 Å². The van der Waals surface area contributed by atoms with Crippen molar-refractivity contribution in [3.8, 4) is 0 Å². The second-order valence-electron chi connectivity index (χ2n) is 4.60. The number of halogens is 2. The second-order valence-corrected chi connectivity index (χ2v) is 5.00. The molecule has 0 nitrogen and oxygen atoms in total. The van der Waals surface area contributed by atoms with Crippen molar-refractivity contribution in [2.75, 3.05) is 0 Å². The highest BCUT2D eigenvalue weighted by Crippen LogP contribution is 2.27. The molecule has 0 aromatic heterocycles. The molecule has 1 aliphatic carbocycles. The van der Waals surface area contributed by atoms with E-state index in [2.05, 4.69) is 6.42 Å². The van der Waals surface area contributed by atoms with Crippen LogP contribution < -0.4 is 0 Å². The summed E-state index contributed by atoms with van der Waals surface area (Å²) in [5, 5.41) is 0.219. The van der Waals surface area contributed by atoms with Crippen LogP contribution >= 0.6 is 11.6 Å². The molecule has 1 aromatic carbocycles. The van der Waals surface area contributed by atoms with Gasteiger partial charge < -0.3 is 0 Å². The van der Waals surface area contributed by atoms with Crippen LogP contribution in [-0.2, 0) is 6.42 Å². The molecule has 1 aliphatic rings. The highest BCUT2D eigenvalue weighted by Gasteiger charge is 2.13. The molecule has 0 saturated heterocycles. The maximum absolute atomic E-state index is 13.2. The highest BCUT2D eigenvalue weighted by molar-refractivity contribution is 6.30. The normalized spacial score (nSPS) is 17.6. The van der Waals surface area contributed by atoms with Gasteiger partial charge in [0, 0.05) is 0 Å². The Hall–Kier alpha value is -0.560. The predicted octanol–water partition coefficient (Wildman–Crippen LogP) is 4.81. The lowest BCUT2D eigenvalue weighted by Gasteiger charge is -2.21. The number of hydrogen-bond donors (Lipinski definition) is 0. The van der Waals surface area contributed by atoms with Gasteiger partial charge in [-0.05, 0) is 55.7 Å². The Morgan fingerprint density at radius 1 is 1.25 bits per heavy atom. The van der Waals surface area contributed by atoms with Crippen LogP contribution in [0.15, 0.2) is 18.2 Å². The zero-order valence-corrected chi connectivity index (χ0v) is 10.1. The number of rotatable bonds is 3. The van der Waals surface area contributed by atoms with Crippen LogP contribution in [0, 0.1) is 18.2 Å². The van der Waals surface area contributed by atoms with Crippen molar-refractivity contribution in [1.82, 2.24) is 0 Å². The minimum absolute atomic E-state index is 0.219. The molecule has 1 saturated carbocycles. The van der Waals surface area contributed by atoms with E-state index in [0.717, 1.165) is 17.9 Å². The molecule has 0 bridgehead atoms. The van der Waals surface area contributed by atoms with Crippen molar-refractivity contribution in [2.45, 2.75) is 38.5 Å². The zero-order chi connectivity index (χ0) is 11.4. The fourth-order valence-electron chi connectivity index (χ4n) is 2.35. The zero-order valence-electron chi connectivity index (χ0n) is 9.39. The SMILES string of the molecule is Fc1cc(CCC2CC[CH]CC2)ccc1Cl. The van der Waals surface area contributed by atoms with E-state index in [-0.39, 0.29) is 10.8 Å². The average molecular weight is 240 g/mol. The number of hydrogen-bond acceptors (Lipinski definition) is 0. The van der Waals surface area contributed by atoms with E-state index >= 15 is 0 Å². The van der Waals surface area contributed by atoms with Crippen molar-refractivity contribution >= 4 is 11.6 Å². The molecule has 0 N–H and O–H groups in total. The summed E-state index contributed by atoms with van der Waals surface area (Å²) in [5.74, 6) is 0.528. The van der Waals surface area contributed by atoms with Crippen LogP contribution in [0.25, 0.3) is 0 Å².